The second kappa shape index (κ2) is 4.79. The van der Waals surface area contributed by atoms with Crippen LogP contribution < -0.4 is 11.3 Å². The van der Waals surface area contributed by atoms with Crippen molar-refractivity contribution < 1.29 is 9.15 Å². The minimum Gasteiger partial charge on any atom is -0.472 e. The van der Waals surface area contributed by atoms with Crippen LogP contribution in [-0.4, -0.2) is 18.8 Å². The summed E-state index contributed by atoms with van der Waals surface area (Å²) in [5.74, 6) is 6.14. The van der Waals surface area contributed by atoms with Crippen LogP contribution in [0, 0.1) is 5.92 Å². The van der Waals surface area contributed by atoms with E-state index in [9.17, 15) is 0 Å². The molecule has 15 heavy (non-hydrogen) atoms. The SMILES string of the molecule is CC1CCOC1C(Cc1ccoc1)NN. The molecule has 3 atom stereocenters. The summed E-state index contributed by atoms with van der Waals surface area (Å²) in [5, 5.41) is 0. The highest BCUT2D eigenvalue weighted by Gasteiger charge is 2.31. The molecule has 1 aliphatic heterocycles. The number of furan rings is 1. The van der Waals surface area contributed by atoms with Gasteiger partial charge in [0.05, 0.1) is 24.7 Å². The lowest BCUT2D eigenvalue weighted by Crippen LogP contribution is -2.47. The number of nitrogens with two attached hydrogens (primary N) is 1. The maximum absolute atomic E-state index is 5.69. The Morgan fingerprint density at radius 2 is 2.53 bits per heavy atom. The molecule has 2 heterocycles. The van der Waals surface area contributed by atoms with Gasteiger partial charge in [-0.05, 0) is 30.4 Å². The Balaban J connectivity index is 1.97. The van der Waals surface area contributed by atoms with Gasteiger partial charge in [0.1, 0.15) is 0 Å². The van der Waals surface area contributed by atoms with E-state index in [0.29, 0.717) is 5.92 Å². The number of hydrogen-bond donors (Lipinski definition) is 2. The van der Waals surface area contributed by atoms with Gasteiger partial charge in [0.15, 0.2) is 0 Å². The summed E-state index contributed by atoms with van der Waals surface area (Å²) in [7, 11) is 0. The lowest BCUT2D eigenvalue weighted by atomic mass is 9.94. The average molecular weight is 210 g/mol. The highest BCUT2D eigenvalue weighted by molar-refractivity contribution is 5.08. The molecule has 1 fully saturated rings. The highest BCUT2D eigenvalue weighted by atomic mass is 16.5. The van der Waals surface area contributed by atoms with Crippen molar-refractivity contribution in [3.05, 3.63) is 24.2 Å². The number of ether oxygens (including phenoxy) is 1. The van der Waals surface area contributed by atoms with Gasteiger partial charge in [-0.2, -0.15) is 0 Å². The van der Waals surface area contributed by atoms with Gasteiger partial charge in [0.25, 0.3) is 0 Å². The molecule has 1 aliphatic rings. The van der Waals surface area contributed by atoms with Crippen molar-refractivity contribution in [3.8, 4) is 0 Å². The van der Waals surface area contributed by atoms with E-state index in [1.54, 1.807) is 12.5 Å². The quantitative estimate of drug-likeness (QED) is 0.576. The predicted molar refractivity (Wildman–Crippen MR) is 57.0 cm³/mol. The second-order valence-electron chi connectivity index (χ2n) is 4.21. The molecule has 0 aromatic carbocycles. The molecular formula is C11H18N2O2. The normalized spacial score (nSPS) is 28.1. The predicted octanol–water partition coefficient (Wildman–Crippen LogP) is 1.08. The molecule has 0 spiro atoms. The first-order chi connectivity index (χ1) is 7.31. The van der Waals surface area contributed by atoms with Gasteiger partial charge in [-0.1, -0.05) is 6.92 Å². The van der Waals surface area contributed by atoms with E-state index in [4.69, 9.17) is 15.0 Å². The van der Waals surface area contributed by atoms with Crippen LogP contribution in [0.3, 0.4) is 0 Å². The van der Waals surface area contributed by atoms with Crippen molar-refractivity contribution in [2.24, 2.45) is 11.8 Å². The molecule has 1 aromatic heterocycles. The van der Waals surface area contributed by atoms with Crippen LogP contribution in [0.2, 0.25) is 0 Å². The summed E-state index contributed by atoms with van der Waals surface area (Å²) in [6, 6.07) is 2.13. The monoisotopic (exact) mass is 210 g/mol. The molecule has 84 valence electrons. The lowest BCUT2D eigenvalue weighted by Gasteiger charge is -2.24. The topological polar surface area (TPSA) is 60.4 Å². The summed E-state index contributed by atoms with van der Waals surface area (Å²) in [6.45, 7) is 3.05. The first-order valence-electron chi connectivity index (χ1n) is 5.40. The smallest absolute Gasteiger partial charge is 0.0935 e. The summed E-state index contributed by atoms with van der Waals surface area (Å²) >= 11 is 0. The van der Waals surface area contributed by atoms with Crippen LogP contribution in [0.25, 0.3) is 0 Å². The van der Waals surface area contributed by atoms with Crippen LogP contribution in [0.4, 0.5) is 0 Å². The maximum atomic E-state index is 5.69. The van der Waals surface area contributed by atoms with Gasteiger partial charge in [-0.25, -0.2) is 0 Å². The Kier molecular flexibility index (Phi) is 3.41. The molecule has 0 aliphatic carbocycles. The fourth-order valence-corrected chi connectivity index (χ4v) is 2.16. The minimum absolute atomic E-state index is 0.167. The Bertz CT molecular complexity index is 287. The third kappa shape index (κ3) is 2.40. The number of rotatable bonds is 4. The second-order valence-corrected chi connectivity index (χ2v) is 4.21. The van der Waals surface area contributed by atoms with Crippen molar-refractivity contribution in [2.45, 2.75) is 31.9 Å². The first-order valence-corrected chi connectivity index (χ1v) is 5.40. The molecule has 4 nitrogen and oxygen atoms in total. The summed E-state index contributed by atoms with van der Waals surface area (Å²) in [5.41, 5.74) is 4.00. The fraction of sp³-hybridized carbons (Fsp3) is 0.636. The third-order valence-electron chi connectivity index (χ3n) is 3.09. The zero-order valence-corrected chi connectivity index (χ0v) is 8.98. The third-order valence-corrected chi connectivity index (χ3v) is 3.09. The molecule has 1 aromatic rings. The standard InChI is InChI=1S/C11H18N2O2/c1-8-2-5-15-11(8)10(13-12)6-9-3-4-14-7-9/h3-4,7-8,10-11,13H,2,5-6,12H2,1H3. The Labute approximate surface area is 89.7 Å². The van der Waals surface area contributed by atoms with E-state index in [2.05, 4.69) is 12.3 Å². The van der Waals surface area contributed by atoms with Crippen molar-refractivity contribution in [2.75, 3.05) is 6.61 Å². The Morgan fingerprint density at radius 3 is 3.07 bits per heavy atom. The number of nitrogens with one attached hydrogen (secondary N) is 1. The molecule has 0 amide bonds. The summed E-state index contributed by atoms with van der Waals surface area (Å²) in [4.78, 5) is 0. The van der Waals surface area contributed by atoms with Crippen LogP contribution in [0.15, 0.2) is 23.0 Å². The largest absolute Gasteiger partial charge is 0.472 e. The van der Waals surface area contributed by atoms with E-state index >= 15 is 0 Å². The van der Waals surface area contributed by atoms with E-state index < -0.39 is 0 Å². The first kappa shape index (κ1) is 10.7. The number of hydrazine groups is 1. The van der Waals surface area contributed by atoms with Crippen molar-refractivity contribution >= 4 is 0 Å². The molecule has 3 unspecified atom stereocenters. The molecule has 0 bridgehead atoms. The Morgan fingerprint density at radius 1 is 1.67 bits per heavy atom. The summed E-state index contributed by atoms with van der Waals surface area (Å²) < 4.78 is 10.7. The van der Waals surface area contributed by atoms with Gasteiger partial charge in [0.2, 0.25) is 0 Å². The van der Waals surface area contributed by atoms with Crippen molar-refractivity contribution in [1.82, 2.24) is 5.43 Å². The average Bonchev–Trinajstić information content (AvgIpc) is 2.85. The minimum atomic E-state index is 0.167. The molecule has 4 heteroatoms. The van der Waals surface area contributed by atoms with Crippen molar-refractivity contribution in [3.63, 3.8) is 0 Å². The van der Waals surface area contributed by atoms with Crippen LogP contribution in [0.5, 0.6) is 0 Å². The van der Waals surface area contributed by atoms with E-state index in [-0.39, 0.29) is 12.1 Å². The number of hydrogen-bond acceptors (Lipinski definition) is 4. The highest BCUT2D eigenvalue weighted by Crippen LogP contribution is 2.24. The van der Waals surface area contributed by atoms with Gasteiger partial charge in [-0.3, -0.25) is 11.3 Å². The maximum Gasteiger partial charge on any atom is 0.0935 e. The lowest BCUT2D eigenvalue weighted by molar-refractivity contribution is 0.0610. The van der Waals surface area contributed by atoms with E-state index in [1.165, 1.54) is 0 Å². The van der Waals surface area contributed by atoms with Crippen molar-refractivity contribution in [1.29, 1.82) is 0 Å². The Hall–Kier alpha value is -0.840. The fourth-order valence-electron chi connectivity index (χ4n) is 2.16. The molecule has 2 rings (SSSR count). The van der Waals surface area contributed by atoms with Crippen LogP contribution in [0.1, 0.15) is 18.9 Å². The zero-order valence-electron chi connectivity index (χ0n) is 8.98. The van der Waals surface area contributed by atoms with E-state index in [1.807, 2.05) is 6.07 Å². The summed E-state index contributed by atoms with van der Waals surface area (Å²) in [6.07, 6.45) is 5.62. The van der Waals surface area contributed by atoms with Crippen LogP contribution in [-0.2, 0) is 11.2 Å². The van der Waals surface area contributed by atoms with Gasteiger partial charge in [-0.15, -0.1) is 0 Å². The molecule has 0 saturated carbocycles. The molecule has 3 N–H and O–H groups in total. The molecule has 0 radical (unpaired) electrons. The molecular weight excluding hydrogens is 192 g/mol. The van der Waals surface area contributed by atoms with Gasteiger partial charge >= 0.3 is 0 Å². The van der Waals surface area contributed by atoms with Crippen LogP contribution >= 0.6 is 0 Å². The zero-order chi connectivity index (χ0) is 10.7. The van der Waals surface area contributed by atoms with Gasteiger partial charge < -0.3 is 9.15 Å². The van der Waals surface area contributed by atoms with Gasteiger partial charge in [0, 0.05) is 6.61 Å². The van der Waals surface area contributed by atoms with E-state index in [0.717, 1.165) is 25.0 Å². The molecule has 1 saturated heterocycles.